The van der Waals surface area contributed by atoms with Gasteiger partial charge < -0.3 is 25.3 Å². The summed E-state index contributed by atoms with van der Waals surface area (Å²) in [7, 11) is 0. The predicted molar refractivity (Wildman–Crippen MR) is 61.8 cm³/mol. The molecule has 0 aromatic carbocycles. The van der Waals surface area contributed by atoms with Gasteiger partial charge in [0, 0.05) is 6.54 Å². The quantitative estimate of drug-likeness (QED) is 0.514. The van der Waals surface area contributed by atoms with Gasteiger partial charge in [0.2, 0.25) is 5.91 Å². The number of carbonyl (C=O) groups is 2. The molecule has 1 heterocycles. The number of furan rings is 1. The molecule has 7 nitrogen and oxygen atoms in total. The Morgan fingerprint density at radius 1 is 1.44 bits per heavy atom. The van der Waals surface area contributed by atoms with Gasteiger partial charge in [-0.25, -0.2) is 0 Å². The molecule has 0 spiro atoms. The fraction of sp³-hybridized carbons (Fsp3) is 0.455. The zero-order valence-corrected chi connectivity index (χ0v) is 9.97. The molecule has 0 aliphatic rings. The fourth-order valence-corrected chi connectivity index (χ4v) is 1.06. The molecule has 4 N–H and O–H groups in total. The lowest BCUT2D eigenvalue weighted by molar-refractivity contribution is -0.121. The highest BCUT2D eigenvalue weighted by molar-refractivity contribution is 5.94. The van der Waals surface area contributed by atoms with Gasteiger partial charge in [-0.2, -0.15) is 0 Å². The van der Waals surface area contributed by atoms with Gasteiger partial charge in [0.25, 0.3) is 5.91 Å². The summed E-state index contributed by atoms with van der Waals surface area (Å²) in [6.07, 6.45) is 1.35. The molecule has 1 unspecified atom stereocenters. The van der Waals surface area contributed by atoms with Crippen LogP contribution in [-0.4, -0.2) is 47.3 Å². The Morgan fingerprint density at radius 3 is 2.72 bits per heavy atom. The number of carbonyl (C=O) groups excluding carboxylic acids is 2. The van der Waals surface area contributed by atoms with Crippen molar-refractivity contribution >= 4 is 11.8 Å². The van der Waals surface area contributed by atoms with Crippen molar-refractivity contribution in [3.8, 4) is 0 Å². The molecule has 1 aromatic heterocycles. The van der Waals surface area contributed by atoms with Crippen molar-refractivity contribution in [2.75, 3.05) is 19.7 Å². The molecule has 0 aliphatic carbocycles. The molecule has 0 saturated heterocycles. The highest BCUT2D eigenvalue weighted by Gasteiger charge is 2.19. The Bertz CT molecular complexity index is 400. The Balaban J connectivity index is 2.28. The zero-order valence-electron chi connectivity index (χ0n) is 9.97. The van der Waals surface area contributed by atoms with Gasteiger partial charge in [-0.3, -0.25) is 9.59 Å². The topological polar surface area (TPSA) is 112 Å². The van der Waals surface area contributed by atoms with E-state index in [1.165, 1.54) is 19.3 Å². The van der Waals surface area contributed by atoms with E-state index in [2.05, 4.69) is 10.6 Å². The molecule has 0 saturated carbocycles. The maximum absolute atomic E-state index is 11.4. The van der Waals surface area contributed by atoms with Crippen LogP contribution in [0.25, 0.3) is 0 Å². The second-order valence-electron chi connectivity index (χ2n) is 4.09. The summed E-state index contributed by atoms with van der Waals surface area (Å²) in [6, 6.07) is 3.04. The summed E-state index contributed by atoms with van der Waals surface area (Å²) < 4.78 is 4.84. The summed E-state index contributed by atoms with van der Waals surface area (Å²) in [5.41, 5.74) is -1.37. The van der Waals surface area contributed by atoms with Crippen molar-refractivity contribution < 1.29 is 24.2 Å². The third kappa shape index (κ3) is 4.56. The molecule has 0 aliphatic heterocycles. The molecule has 0 bridgehead atoms. The minimum Gasteiger partial charge on any atom is -0.459 e. The Morgan fingerprint density at radius 2 is 2.17 bits per heavy atom. The average molecular weight is 256 g/mol. The number of aliphatic hydroxyl groups excluding tert-OH is 1. The largest absolute Gasteiger partial charge is 0.459 e. The number of amides is 2. The number of aliphatic hydroxyl groups is 2. The molecule has 7 heteroatoms. The molecule has 2 amide bonds. The van der Waals surface area contributed by atoms with Crippen molar-refractivity contribution in [1.29, 1.82) is 0 Å². The SMILES string of the molecule is CC(O)(CO)CNC(=O)CNC(=O)c1ccco1. The zero-order chi connectivity index (χ0) is 13.6. The van der Waals surface area contributed by atoms with Crippen LogP contribution in [0, 0.1) is 0 Å². The van der Waals surface area contributed by atoms with Gasteiger partial charge in [-0.1, -0.05) is 0 Å². The second-order valence-corrected chi connectivity index (χ2v) is 4.09. The van der Waals surface area contributed by atoms with Gasteiger partial charge in [0.05, 0.1) is 19.4 Å². The van der Waals surface area contributed by atoms with Gasteiger partial charge in [-0.05, 0) is 19.1 Å². The average Bonchev–Trinajstić information content (AvgIpc) is 2.87. The molecule has 18 heavy (non-hydrogen) atoms. The Kier molecular flexibility index (Phi) is 4.87. The fourth-order valence-electron chi connectivity index (χ4n) is 1.06. The normalized spacial score (nSPS) is 13.7. The van der Waals surface area contributed by atoms with E-state index in [4.69, 9.17) is 9.52 Å². The highest BCUT2D eigenvalue weighted by Crippen LogP contribution is 1.99. The van der Waals surface area contributed by atoms with Gasteiger partial charge in [0.15, 0.2) is 5.76 Å². The standard InChI is InChI=1S/C11H16N2O5/c1-11(17,7-14)6-13-9(15)5-12-10(16)8-3-2-4-18-8/h2-4,14,17H,5-7H2,1H3,(H,12,16)(H,13,15). The van der Waals surface area contributed by atoms with Crippen LogP contribution in [-0.2, 0) is 4.79 Å². The summed E-state index contributed by atoms with van der Waals surface area (Å²) in [6.45, 7) is 0.584. The monoisotopic (exact) mass is 256 g/mol. The van der Waals surface area contributed by atoms with E-state index >= 15 is 0 Å². The van der Waals surface area contributed by atoms with Crippen molar-refractivity contribution in [1.82, 2.24) is 10.6 Å². The molecule has 1 rings (SSSR count). The van der Waals surface area contributed by atoms with Crippen LogP contribution >= 0.6 is 0 Å². The van der Waals surface area contributed by atoms with Crippen molar-refractivity contribution in [2.45, 2.75) is 12.5 Å². The van der Waals surface area contributed by atoms with E-state index in [0.717, 1.165) is 0 Å². The number of rotatable bonds is 6. The lowest BCUT2D eigenvalue weighted by Crippen LogP contribution is -2.46. The van der Waals surface area contributed by atoms with Gasteiger partial charge in [-0.15, -0.1) is 0 Å². The van der Waals surface area contributed by atoms with E-state index in [0.29, 0.717) is 0 Å². The molecular weight excluding hydrogens is 240 g/mol. The second kappa shape index (κ2) is 6.18. The van der Waals surface area contributed by atoms with Crippen molar-refractivity contribution in [3.63, 3.8) is 0 Å². The maximum Gasteiger partial charge on any atom is 0.287 e. The van der Waals surface area contributed by atoms with Crippen LogP contribution in [0.4, 0.5) is 0 Å². The van der Waals surface area contributed by atoms with E-state index in [-0.39, 0.29) is 18.8 Å². The first kappa shape index (κ1) is 14.2. The summed E-state index contributed by atoms with van der Waals surface area (Å²) in [5, 5.41) is 22.9. The Hall–Kier alpha value is -1.86. The lowest BCUT2D eigenvalue weighted by Gasteiger charge is -2.20. The predicted octanol–water partition coefficient (Wildman–Crippen LogP) is -1.13. The highest BCUT2D eigenvalue weighted by atomic mass is 16.3. The maximum atomic E-state index is 11.4. The molecule has 0 fully saturated rings. The van der Waals surface area contributed by atoms with E-state index < -0.39 is 24.0 Å². The number of nitrogens with one attached hydrogen (secondary N) is 2. The first-order valence-electron chi connectivity index (χ1n) is 5.36. The van der Waals surface area contributed by atoms with Crippen LogP contribution < -0.4 is 10.6 Å². The van der Waals surface area contributed by atoms with Gasteiger partial charge >= 0.3 is 0 Å². The van der Waals surface area contributed by atoms with Crippen LogP contribution in [0.2, 0.25) is 0 Å². The van der Waals surface area contributed by atoms with Crippen LogP contribution in [0.1, 0.15) is 17.5 Å². The lowest BCUT2D eigenvalue weighted by atomic mass is 10.1. The molecule has 1 aromatic rings. The Labute approximate surface area is 104 Å². The third-order valence-electron chi connectivity index (χ3n) is 2.16. The first-order valence-corrected chi connectivity index (χ1v) is 5.36. The number of hydrogen-bond acceptors (Lipinski definition) is 5. The van der Waals surface area contributed by atoms with Crippen molar-refractivity contribution in [2.24, 2.45) is 0 Å². The summed E-state index contributed by atoms with van der Waals surface area (Å²) >= 11 is 0. The summed E-state index contributed by atoms with van der Waals surface area (Å²) in [5.74, 6) is -0.849. The van der Waals surface area contributed by atoms with Gasteiger partial charge in [0.1, 0.15) is 5.60 Å². The van der Waals surface area contributed by atoms with Crippen LogP contribution in [0.3, 0.4) is 0 Å². The molecule has 1 atom stereocenters. The molecule has 0 radical (unpaired) electrons. The summed E-state index contributed by atoms with van der Waals surface area (Å²) in [4.78, 5) is 22.7. The van der Waals surface area contributed by atoms with E-state index in [9.17, 15) is 14.7 Å². The number of hydrogen-bond donors (Lipinski definition) is 4. The van der Waals surface area contributed by atoms with Crippen LogP contribution in [0.5, 0.6) is 0 Å². The third-order valence-corrected chi connectivity index (χ3v) is 2.16. The van der Waals surface area contributed by atoms with Crippen molar-refractivity contribution in [3.05, 3.63) is 24.2 Å². The minimum absolute atomic E-state index is 0.0983. The first-order chi connectivity index (χ1) is 8.44. The van der Waals surface area contributed by atoms with E-state index in [1.54, 1.807) is 6.07 Å². The minimum atomic E-state index is -1.37. The van der Waals surface area contributed by atoms with E-state index in [1.807, 2.05) is 0 Å². The van der Waals surface area contributed by atoms with Crippen LogP contribution in [0.15, 0.2) is 22.8 Å². The smallest absolute Gasteiger partial charge is 0.287 e. The molecular formula is C11H16N2O5. The molecule has 100 valence electrons.